The minimum absolute atomic E-state index is 0.00464. The topological polar surface area (TPSA) is 86.3 Å². The summed E-state index contributed by atoms with van der Waals surface area (Å²) in [5, 5.41) is 11.7. The van der Waals surface area contributed by atoms with Crippen molar-refractivity contribution in [1.29, 1.82) is 0 Å². The van der Waals surface area contributed by atoms with Gasteiger partial charge in [0.25, 0.3) is 0 Å². The van der Waals surface area contributed by atoms with Crippen LogP contribution in [-0.4, -0.2) is 14.4 Å². The number of hydrogen-bond donors (Lipinski definition) is 1. The second kappa shape index (κ2) is 6.29. The van der Waals surface area contributed by atoms with E-state index in [0.29, 0.717) is 5.56 Å². The Balaban J connectivity index is 2.51. The number of rotatable bonds is 6. The number of carbonyl (C=O) groups excluding carboxylic acids is 1. The van der Waals surface area contributed by atoms with Gasteiger partial charge in [0, 0.05) is 0 Å². The number of carboxylic acids is 1. The van der Waals surface area contributed by atoms with Crippen molar-refractivity contribution in [3.8, 4) is 0 Å². The van der Waals surface area contributed by atoms with Crippen molar-refractivity contribution in [1.82, 2.24) is 4.72 Å². The molecular formula is C16H16NO4S-. The molecule has 0 aliphatic rings. The molecule has 0 radical (unpaired) electrons. The monoisotopic (exact) mass is 318 g/mol. The first-order valence-corrected chi connectivity index (χ1v) is 8.27. The molecule has 0 bridgehead atoms. The summed E-state index contributed by atoms with van der Waals surface area (Å²) in [6, 6.07) is 15.8. The van der Waals surface area contributed by atoms with Crippen molar-refractivity contribution in [2.45, 2.75) is 23.8 Å². The minimum Gasteiger partial charge on any atom is -0.548 e. The van der Waals surface area contributed by atoms with Crippen LogP contribution in [0.2, 0.25) is 0 Å². The molecule has 6 heteroatoms. The molecule has 0 aliphatic carbocycles. The van der Waals surface area contributed by atoms with Gasteiger partial charge in [-0.05, 0) is 24.1 Å². The molecule has 2 aromatic rings. The number of benzene rings is 2. The third-order valence-corrected chi connectivity index (χ3v) is 5.02. The fraction of sp³-hybridized carbons (Fsp3) is 0.188. The van der Waals surface area contributed by atoms with E-state index in [4.69, 9.17) is 0 Å². The van der Waals surface area contributed by atoms with Gasteiger partial charge < -0.3 is 9.90 Å². The zero-order chi connectivity index (χ0) is 16.2. The zero-order valence-corrected chi connectivity index (χ0v) is 12.8. The van der Waals surface area contributed by atoms with Crippen LogP contribution >= 0.6 is 0 Å². The summed E-state index contributed by atoms with van der Waals surface area (Å²) in [5.41, 5.74) is -1.48. The van der Waals surface area contributed by atoms with Gasteiger partial charge >= 0.3 is 0 Å². The molecule has 1 N–H and O–H groups in total. The Kier molecular flexibility index (Phi) is 4.63. The van der Waals surface area contributed by atoms with Crippen LogP contribution < -0.4 is 9.83 Å². The second-order valence-corrected chi connectivity index (χ2v) is 6.51. The molecule has 2 rings (SSSR count). The molecule has 116 valence electrons. The van der Waals surface area contributed by atoms with E-state index >= 15 is 0 Å². The summed E-state index contributed by atoms with van der Waals surface area (Å²) in [6.45, 7) is 1.59. The third kappa shape index (κ3) is 3.03. The standard InChI is InChI=1S/C16H17NO4S/c1-2-16(15(18)19,13-9-5-3-6-10-13)17-22(20,21)14-11-7-4-8-12-14/h3-12,17H,2H2,1H3,(H,18,19)/p-1/t16-/m0/s1. The Morgan fingerprint density at radius 2 is 1.55 bits per heavy atom. The van der Waals surface area contributed by atoms with Gasteiger partial charge in [-0.3, -0.25) is 0 Å². The molecule has 5 nitrogen and oxygen atoms in total. The Bertz CT molecular complexity index is 744. The summed E-state index contributed by atoms with van der Waals surface area (Å²) in [6.07, 6.45) is 0.0193. The number of sulfonamides is 1. The van der Waals surface area contributed by atoms with Crippen molar-refractivity contribution in [2.75, 3.05) is 0 Å². The van der Waals surface area contributed by atoms with E-state index in [1.54, 1.807) is 55.5 Å². The average molecular weight is 318 g/mol. The average Bonchev–Trinajstić information content (AvgIpc) is 2.54. The highest BCUT2D eigenvalue weighted by atomic mass is 32.2. The molecule has 0 spiro atoms. The van der Waals surface area contributed by atoms with Gasteiger partial charge in [0.2, 0.25) is 10.0 Å². The van der Waals surface area contributed by atoms with Gasteiger partial charge in [-0.25, -0.2) is 8.42 Å². The van der Waals surface area contributed by atoms with Crippen molar-refractivity contribution in [2.24, 2.45) is 0 Å². The van der Waals surface area contributed by atoms with Gasteiger partial charge in [0.15, 0.2) is 0 Å². The Labute approximate surface area is 129 Å². The highest BCUT2D eigenvalue weighted by Gasteiger charge is 2.36. The van der Waals surface area contributed by atoms with Crippen LogP contribution in [0.25, 0.3) is 0 Å². The lowest BCUT2D eigenvalue weighted by Crippen LogP contribution is -2.57. The minimum atomic E-state index is -3.99. The Morgan fingerprint density at radius 1 is 1.05 bits per heavy atom. The van der Waals surface area contributed by atoms with Gasteiger partial charge in [0.1, 0.15) is 0 Å². The maximum absolute atomic E-state index is 12.5. The van der Waals surface area contributed by atoms with Crippen molar-refractivity contribution in [3.05, 3.63) is 66.2 Å². The number of hydrogen-bond acceptors (Lipinski definition) is 4. The van der Waals surface area contributed by atoms with Crippen LogP contribution in [0.1, 0.15) is 18.9 Å². The summed E-state index contributed by atoms with van der Waals surface area (Å²) in [4.78, 5) is 11.7. The van der Waals surface area contributed by atoms with E-state index in [1.807, 2.05) is 0 Å². The van der Waals surface area contributed by atoms with Crippen LogP contribution in [-0.2, 0) is 20.4 Å². The lowest BCUT2D eigenvalue weighted by Gasteiger charge is -2.35. The lowest BCUT2D eigenvalue weighted by atomic mass is 9.88. The predicted molar refractivity (Wildman–Crippen MR) is 80.2 cm³/mol. The fourth-order valence-electron chi connectivity index (χ4n) is 2.25. The Morgan fingerprint density at radius 3 is 2.00 bits per heavy atom. The van der Waals surface area contributed by atoms with Gasteiger partial charge in [0.05, 0.1) is 16.4 Å². The first kappa shape index (κ1) is 16.2. The molecule has 0 saturated heterocycles. The molecule has 0 heterocycles. The van der Waals surface area contributed by atoms with Crippen LogP contribution in [0.3, 0.4) is 0 Å². The lowest BCUT2D eigenvalue weighted by molar-refractivity contribution is -0.314. The molecule has 0 aliphatic heterocycles. The van der Waals surface area contributed by atoms with E-state index in [9.17, 15) is 18.3 Å². The molecule has 0 unspecified atom stereocenters. The molecule has 2 aromatic carbocycles. The van der Waals surface area contributed by atoms with E-state index in [-0.39, 0.29) is 11.3 Å². The maximum Gasteiger partial charge on any atom is 0.241 e. The molecule has 1 atom stereocenters. The summed E-state index contributed by atoms with van der Waals surface area (Å²) in [7, 11) is -3.99. The fourth-order valence-corrected chi connectivity index (χ4v) is 3.69. The molecular weight excluding hydrogens is 302 g/mol. The third-order valence-electron chi connectivity index (χ3n) is 3.51. The molecule has 22 heavy (non-hydrogen) atoms. The van der Waals surface area contributed by atoms with Gasteiger partial charge in [-0.1, -0.05) is 55.5 Å². The van der Waals surface area contributed by atoms with E-state index < -0.39 is 21.5 Å². The molecule has 0 amide bonds. The van der Waals surface area contributed by atoms with Crippen LogP contribution in [0.15, 0.2) is 65.6 Å². The molecule has 0 saturated carbocycles. The van der Waals surface area contributed by atoms with E-state index in [2.05, 4.69) is 4.72 Å². The summed E-state index contributed by atoms with van der Waals surface area (Å²) < 4.78 is 27.3. The first-order chi connectivity index (χ1) is 10.4. The summed E-state index contributed by atoms with van der Waals surface area (Å²) >= 11 is 0. The number of nitrogens with one attached hydrogen (secondary N) is 1. The van der Waals surface area contributed by atoms with Crippen LogP contribution in [0.4, 0.5) is 0 Å². The van der Waals surface area contributed by atoms with Gasteiger partial charge in [-0.2, -0.15) is 4.72 Å². The second-order valence-electron chi connectivity index (χ2n) is 4.83. The molecule has 0 fully saturated rings. The number of aliphatic carboxylic acids is 1. The Hall–Kier alpha value is -2.18. The quantitative estimate of drug-likeness (QED) is 0.861. The van der Waals surface area contributed by atoms with Gasteiger partial charge in [-0.15, -0.1) is 0 Å². The highest BCUT2D eigenvalue weighted by Crippen LogP contribution is 2.27. The van der Waals surface area contributed by atoms with Crippen LogP contribution in [0.5, 0.6) is 0 Å². The first-order valence-electron chi connectivity index (χ1n) is 6.78. The summed E-state index contributed by atoms with van der Waals surface area (Å²) in [5.74, 6) is -1.49. The number of carbonyl (C=O) groups is 1. The van der Waals surface area contributed by atoms with E-state index in [0.717, 1.165) is 0 Å². The molecule has 0 aromatic heterocycles. The number of carboxylic acid groups (broad SMARTS) is 1. The van der Waals surface area contributed by atoms with Crippen molar-refractivity contribution in [3.63, 3.8) is 0 Å². The van der Waals surface area contributed by atoms with Crippen molar-refractivity contribution >= 4 is 16.0 Å². The normalized spacial score (nSPS) is 14.2. The van der Waals surface area contributed by atoms with Crippen molar-refractivity contribution < 1.29 is 18.3 Å². The smallest absolute Gasteiger partial charge is 0.241 e. The largest absolute Gasteiger partial charge is 0.548 e. The van der Waals surface area contributed by atoms with Crippen LogP contribution in [0, 0.1) is 0 Å². The zero-order valence-electron chi connectivity index (χ0n) is 12.0. The predicted octanol–water partition coefficient (Wildman–Crippen LogP) is 1.02. The highest BCUT2D eigenvalue weighted by molar-refractivity contribution is 7.89. The SMILES string of the molecule is CC[C@@](NS(=O)(=O)c1ccccc1)(C(=O)[O-])c1ccccc1. The van der Waals surface area contributed by atoms with E-state index in [1.165, 1.54) is 12.1 Å². The maximum atomic E-state index is 12.5.